The highest BCUT2D eigenvalue weighted by Crippen LogP contribution is 2.21. The third-order valence-corrected chi connectivity index (χ3v) is 5.01. The van der Waals surface area contributed by atoms with E-state index in [9.17, 15) is 9.59 Å². The molecule has 0 saturated carbocycles. The molecule has 0 unspecified atom stereocenters. The number of nitrogens with one attached hydrogen (secondary N) is 3. The second kappa shape index (κ2) is 9.37. The van der Waals surface area contributed by atoms with Gasteiger partial charge in [0.05, 0.1) is 6.61 Å². The zero-order valence-electron chi connectivity index (χ0n) is 16.4. The zero-order valence-corrected chi connectivity index (χ0v) is 16.4. The molecule has 1 aliphatic rings. The van der Waals surface area contributed by atoms with Gasteiger partial charge >= 0.3 is 6.03 Å². The molecule has 148 valence electrons. The van der Waals surface area contributed by atoms with Crippen molar-refractivity contribution in [2.24, 2.45) is 0 Å². The Hall–Kier alpha value is -2.86. The van der Waals surface area contributed by atoms with Gasteiger partial charge in [-0.2, -0.15) is 0 Å². The number of anilines is 1. The highest BCUT2D eigenvalue weighted by molar-refractivity contribution is 5.96. The van der Waals surface area contributed by atoms with Crippen molar-refractivity contribution in [3.63, 3.8) is 0 Å². The van der Waals surface area contributed by atoms with Gasteiger partial charge in [-0.25, -0.2) is 4.79 Å². The third-order valence-electron chi connectivity index (χ3n) is 5.01. The van der Waals surface area contributed by atoms with Crippen molar-refractivity contribution in [2.45, 2.75) is 32.2 Å². The lowest BCUT2D eigenvalue weighted by atomic mass is 9.88. The van der Waals surface area contributed by atoms with Gasteiger partial charge in [0.15, 0.2) is 0 Å². The molecule has 1 aliphatic carbocycles. The Morgan fingerprint density at radius 2 is 1.93 bits per heavy atom. The molecule has 3 amide bonds. The highest BCUT2D eigenvalue weighted by Gasteiger charge is 2.20. The number of benzene rings is 2. The van der Waals surface area contributed by atoms with Gasteiger partial charge in [-0.15, -0.1) is 0 Å². The molecule has 0 heterocycles. The van der Waals surface area contributed by atoms with Crippen LogP contribution in [0.4, 0.5) is 10.5 Å². The second-order valence-electron chi connectivity index (χ2n) is 7.09. The molecule has 6 nitrogen and oxygen atoms in total. The van der Waals surface area contributed by atoms with Crippen LogP contribution in [0.15, 0.2) is 42.5 Å². The Bertz CT molecular complexity index is 851. The van der Waals surface area contributed by atoms with Gasteiger partial charge in [-0.1, -0.05) is 24.3 Å². The number of hydrogen-bond acceptors (Lipinski definition) is 3. The van der Waals surface area contributed by atoms with Crippen LogP contribution in [0.5, 0.6) is 0 Å². The van der Waals surface area contributed by atoms with Gasteiger partial charge in [0.25, 0.3) is 5.91 Å². The van der Waals surface area contributed by atoms with E-state index in [0.29, 0.717) is 24.4 Å². The van der Waals surface area contributed by atoms with Crippen LogP contribution < -0.4 is 16.0 Å². The molecular weight excluding hydrogens is 354 g/mol. The smallest absolute Gasteiger partial charge is 0.319 e. The predicted molar refractivity (Wildman–Crippen MR) is 110 cm³/mol. The van der Waals surface area contributed by atoms with Gasteiger partial charge in [0.1, 0.15) is 0 Å². The minimum Gasteiger partial charge on any atom is -0.383 e. The largest absolute Gasteiger partial charge is 0.383 e. The van der Waals surface area contributed by atoms with Crippen molar-refractivity contribution >= 4 is 17.6 Å². The fourth-order valence-corrected chi connectivity index (χ4v) is 3.48. The van der Waals surface area contributed by atoms with Crippen LogP contribution in [0, 0.1) is 6.92 Å². The summed E-state index contributed by atoms with van der Waals surface area (Å²) < 4.78 is 4.93. The van der Waals surface area contributed by atoms with Crippen molar-refractivity contribution in [1.82, 2.24) is 10.6 Å². The molecule has 3 N–H and O–H groups in total. The first kappa shape index (κ1) is 19.9. The zero-order chi connectivity index (χ0) is 19.9. The van der Waals surface area contributed by atoms with Crippen LogP contribution in [-0.2, 0) is 17.6 Å². The quantitative estimate of drug-likeness (QED) is 0.673. The Morgan fingerprint density at radius 3 is 2.68 bits per heavy atom. The van der Waals surface area contributed by atoms with E-state index in [1.54, 1.807) is 25.3 Å². The van der Waals surface area contributed by atoms with Crippen molar-refractivity contribution in [1.29, 1.82) is 0 Å². The monoisotopic (exact) mass is 381 g/mol. The molecule has 2 aromatic carbocycles. The fourth-order valence-electron chi connectivity index (χ4n) is 3.48. The topological polar surface area (TPSA) is 79.5 Å². The maximum atomic E-state index is 12.4. The first-order valence-corrected chi connectivity index (χ1v) is 9.59. The molecule has 6 heteroatoms. The number of fused-ring (bicyclic) bond motifs is 1. The first-order chi connectivity index (χ1) is 13.6. The van der Waals surface area contributed by atoms with Crippen LogP contribution in [0.3, 0.4) is 0 Å². The van der Waals surface area contributed by atoms with Gasteiger partial charge in [0.2, 0.25) is 0 Å². The predicted octanol–water partition coefficient (Wildman–Crippen LogP) is 3.05. The fraction of sp³-hybridized carbons (Fsp3) is 0.364. The summed E-state index contributed by atoms with van der Waals surface area (Å²) in [5, 5.41) is 8.75. The number of carbonyl (C=O) groups excluding carboxylic acids is 2. The molecule has 0 radical (unpaired) electrons. The summed E-state index contributed by atoms with van der Waals surface area (Å²) in [5.74, 6) is -0.156. The number of ether oxygens (including phenoxy) is 1. The van der Waals surface area contributed by atoms with E-state index >= 15 is 0 Å². The van der Waals surface area contributed by atoms with Gasteiger partial charge < -0.3 is 20.7 Å². The molecule has 3 rings (SSSR count). The van der Waals surface area contributed by atoms with Crippen LogP contribution >= 0.6 is 0 Å². The van der Waals surface area contributed by atoms with Gasteiger partial charge in [0, 0.05) is 30.9 Å². The van der Waals surface area contributed by atoms with E-state index < -0.39 is 0 Å². The lowest BCUT2D eigenvalue weighted by Crippen LogP contribution is -2.41. The molecule has 0 aromatic heterocycles. The molecule has 1 atom stereocenters. The van der Waals surface area contributed by atoms with E-state index in [-0.39, 0.29) is 18.0 Å². The molecule has 0 fully saturated rings. The van der Waals surface area contributed by atoms with Gasteiger partial charge in [-0.05, 0) is 61.1 Å². The Kier molecular flexibility index (Phi) is 6.66. The maximum absolute atomic E-state index is 12.4. The Balaban J connectivity index is 1.55. The molecule has 0 bridgehead atoms. The summed E-state index contributed by atoms with van der Waals surface area (Å²) >= 11 is 0. The Labute approximate surface area is 165 Å². The van der Waals surface area contributed by atoms with E-state index in [0.717, 1.165) is 24.8 Å². The molecule has 0 spiro atoms. The summed E-state index contributed by atoms with van der Waals surface area (Å²) in [6.07, 6.45) is 2.76. The summed E-state index contributed by atoms with van der Waals surface area (Å²) in [6, 6.07) is 13.5. The number of methoxy groups -OCH3 is 1. The SMILES string of the molecule is COCCNC(=O)c1ccc(NC(=O)N[C@H]2CCc3ccccc3C2)c(C)c1. The van der Waals surface area contributed by atoms with Crippen molar-refractivity contribution in [2.75, 3.05) is 25.6 Å². The first-order valence-electron chi connectivity index (χ1n) is 9.59. The number of rotatable bonds is 6. The lowest BCUT2D eigenvalue weighted by molar-refractivity contribution is 0.0937. The number of aryl methyl sites for hydroxylation is 2. The minimum absolute atomic E-state index is 0.126. The van der Waals surface area contributed by atoms with Crippen LogP contribution in [0.25, 0.3) is 0 Å². The molecular formula is C22H27N3O3. The standard InChI is InChI=1S/C22H27N3O3/c1-15-13-18(21(26)23-11-12-28-2)8-10-20(15)25-22(27)24-19-9-7-16-5-3-4-6-17(16)14-19/h3-6,8,10,13,19H,7,9,11-12,14H2,1-2H3,(H,23,26)(H2,24,25,27)/t19-/m0/s1. The second-order valence-corrected chi connectivity index (χ2v) is 7.09. The highest BCUT2D eigenvalue weighted by atomic mass is 16.5. The molecule has 0 aliphatic heterocycles. The average molecular weight is 381 g/mol. The summed E-state index contributed by atoms with van der Waals surface area (Å²) in [5.41, 5.74) is 4.77. The van der Waals surface area contributed by atoms with Gasteiger partial charge in [-0.3, -0.25) is 4.79 Å². The van der Waals surface area contributed by atoms with E-state index in [1.165, 1.54) is 11.1 Å². The van der Waals surface area contributed by atoms with Crippen molar-refractivity contribution < 1.29 is 14.3 Å². The molecule has 2 aromatic rings. The van der Waals surface area contributed by atoms with E-state index in [2.05, 4.69) is 34.1 Å². The van der Waals surface area contributed by atoms with Crippen LogP contribution in [0.1, 0.15) is 33.5 Å². The average Bonchev–Trinajstić information content (AvgIpc) is 2.69. The number of carbonyl (C=O) groups is 2. The summed E-state index contributed by atoms with van der Waals surface area (Å²) in [6.45, 7) is 2.80. The maximum Gasteiger partial charge on any atom is 0.319 e. The summed E-state index contributed by atoms with van der Waals surface area (Å²) in [4.78, 5) is 24.5. The van der Waals surface area contributed by atoms with Crippen molar-refractivity contribution in [3.05, 3.63) is 64.7 Å². The normalized spacial score (nSPS) is 15.4. The van der Waals surface area contributed by atoms with Crippen LogP contribution in [0.2, 0.25) is 0 Å². The Morgan fingerprint density at radius 1 is 1.14 bits per heavy atom. The molecule has 28 heavy (non-hydrogen) atoms. The third kappa shape index (κ3) is 5.10. The number of amides is 3. The minimum atomic E-state index is -0.218. The summed E-state index contributed by atoms with van der Waals surface area (Å²) in [7, 11) is 1.59. The number of urea groups is 1. The molecule has 0 saturated heterocycles. The van der Waals surface area contributed by atoms with E-state index in [4.69, 9.17) is 4.74 Å². The van der Waals surface area contributed by atoms with Crippen molar-refractivity contribution in [3.8, 4) is 0 Å². The van der Waals surface area contributed by atoms with E-state index in [1.807, 2.05) is 13.0 Å². The lowest BCUT2D eigenvalue weighted by Gasteiger charge is -2.25. The number of hydrogen-bond donors (Lipinski definition) is 3. The van der Waals surface area contributed by atoms with Crippen LogP contribution in [-0.4, -0.2) is 38.2 Å².